The summed E-state index contributed by atoms with van der Waals surface area (Å²) < 4.78 is 0. The van der Waals surface area contributed by atoms with Gasteiger partial charge in [0, 0.05) is 25.3 Å². The van der Waals surface area contributed by atoms with Crippen molar-refractivity contribution in [2.75, 3.05) is 29.9 Å². The van der Waals surface area contributed by atoms with Crippen LogP contribution in [0.25, 0.3) is 0 Å². The molecule has 1 aliphatic rings. The highest BCUT2D eigenvalue weighted by molar-refractivity contribution is 7.80. The lowest BCUT2D eigenvalue weighted by Gasteiger charge is -2.31. The van der Waals surface area contributed by atoms with Crippen molar-refractivity contribution in [2.24, 2.45) is 5.92 Å². The van der Waals surface area contributed by atoms with Gasteiger partial charge in [-0.3, -0.25) is 5.32 Å². The van der Waals surface area contributed by atoms with E-state index in [0.29, 0.717) is 17.6 Å². The molecule has 2 amide bonds. The van der Waals surface area contributed by atoms with Gasteiger partial charge in [0.2, 0.25) is 5.95 Å². The van der Waals surface area contributed by atoms with Crippen molar-refractivity contribution in [1.29, 1.82) is 0 Å². The number of rotatable bonds is 6. The number of carbonyl (C=O) groups excluding carboxylic acids is 1. The summed E-state index contributed by atoms with van der Waals surface area (Å²) in [6, 6.07) is 5.84. The number of benzene rings is 1. The Bertz CT molecular complexity index is 816. The number of hydrogen-bond donors (Lipinski definition) is 4. The van der Waals surface area contributed by atoms with Gasteiger partial charge >= 0.3 is 6.03 Å². The molecule has 1 aromatic heterocycles. The average molecular weight is 416 g/mol. The van der Waals surface area contributed by atoms with Crippen LogP contribution >= 0.6 is 12.2 Å². The second-order valence-corrected chi connectivity index (χ2v) is 7.73. The van der Waals surface area contributed by atoms with Gasteiger partial charge in [-0.2, -0.15) is 10.1 Å². The number of hydrogen-bond acceptors (Lipinski definition) is 5. The summed E-state index contributed by atoms with van der Waals surface area (Å²) in [6.07, 6.45) is 5.54. The summed E-state index contributed by atoms with van der Waals surface area (Å²) in [5.74, 6) is 1.43. The first-order valence-electron chi connectivity index (χ1n) is 10.1. The van der Waals surface area contributed by atoms with E-state index in [1.807, 2.05) is 19.1 Å². The Balaban J connectivity index is 1.36. The maximum absolute atomic E-state index is 12.2. The van der Waals surface area contributed by atoms with Crippen LogP contribution in [-0.4, -0.2) is 46.0 Å². The number of aryl methyl sites for hydroxylation is 2. The normalized spacial score (nSPS) is 14.5. The third-order valence-corrected chi connectivity index (χ3v) is 5.56. The largest absolute Gasteiger partial charge is 0.341 e. The molecule has 1 saturated heterocycles. The number of H-pyrrole nitrogens is 1. The molecule has 2 aromatic rings. The maximum atomic E-state index is 12.2. The zero-order valence-electron chi connectivity index (χ0n) is 17.0. The van der Waals surface area contributed by atoms with Gasteiger partial charge in [-0.25, -0.2) is 9.89 Å². The molecule has 0 bridgehead atoms. The summed E-state index contributed by atoms with van der Waals surface area (Å²) in [5.41, 5.74) is 3.25. The first-order chi connectivity index (χ1) is 14.1. The Morgan fingerprint density at radius 1 is 1.34 bits per heavy atom. The molecule has 0 unspecified atom stereocenters. The maximum Gasteiger partial charge on any atom is 0.321 e. The predicted molar refractivity (Wildman–Crippen MR) is 119 cm³/mol. The first-order valence-corrected chi connectivity index (χ1v) is 10.5. The molecule has 0 spiro atoms. The van der Waals surface area contributed by atoms with E-state index in [0.717, 1.165) is 56.0 Å². The van der Waals surface area contributed by atoms with Crippen LogP contribution in [0.4, 0.5) is 16.4 Å². The van der Waals surface area contributed by atoms with Gasteiger partial charge in [0.25, 0.3) is 0 Å². The smallest absolute Gasteiger partial charge is 0.321 e. The fourth-order valence-corrected chi connectivity index (χ4v) is 3.86. The summed E-state index contributed by atoms with van der Waals surface area (Å²) in [6.45, 7) is 6.66. The van der Waals surface area contributed by atoms with E-state index in [-0.39, 0.29) is 6.03 Å². The fraction of sp³-hybridized carbons (Fsp3) is 0.500. The monoisotopic (exact) mass is 415 g/mol. The highest BCUT2D eigenvalue weighted by atomic mass is 32.1. The molecule has 156 valence electrons. The van der Waals surface area contributed by atoms with Gasteiger partial charge < -0.3 is 15.5 Å². The number of thiocarbonyl (C=S) groups is 1. The Hall–Kier alpha value is -2.68. The number of carbonyl (C=O) groups is 1. The molecular formula is C20H29N7OS. The lowest BCUT2D eigenvalue weighted by Crippen LogP contribution is -2.42. The number of piperidine rings is 1. The highest BCUT2D eigenvalue weighted by Gasteiger charge is 2.20. The molecule has 29 heavy (non-hydrogen) atoms. The van der Waals surface area contributed by atoms with Crippen LogP contribution in [0.2, 0.25) is 0 Å². The quantitative estimate of drug-likeness (QED) is 0.542. The van der Waals surface area contributed by atoms with Crippen LogP contribution in [0, 0.1) is 12.8 Å². The van der Waals surface area contributed by atoms with Gasteiger partial charge in [-0.15, -0.1) is 0 Å². The van der Waals surface area contributed by atoms with Crippen LogP contribution < -0.4 is 20.9 Å². The molecule has 1 aromatic carbocycles. The van der Waals surface area contributed by atoms with E-state index in [9.17, 15) is 4.79 Å². The van der Waals surface area contributed by atoms with E-state index >= 15 is 0 Å². The van der Waals surface area contributed by atoms with Crippen LogP contribution in [0.1, 0.15) is 37.3 Å². The fourth-order valence-electron chi connectivity index (χ4n) is 3.67. The molecule has 0 saturated carbocycles. The van der Waals surface area contributed by atoms with Crippen molar-refractivity contribution in [1.82, 2.24) is 25.8 Å². The van der Waals surface area contributed by atoms with Gasteiger partial charge in [0.15, 0.2) is 5.11 Å². The van der Waals surface area contributed by atoms with Crippen LogP contribution in [0.15, 0.2) is 24.5 Å². The van der Waals surface area contributed by atoms with Gasteiger partial charge in [0.05, 0.1) is 0 Å². The van der Waals surface area contributed by atoms with Crippen molar-refractivity contribution in [3.63, 3.8) is 0 Å². The van der Waals surface area contributed by atoms with Crippen molar-refractivity contribution >= 4 is 35.0 Å². The molecule has 0 radical (unpaired) electrons. The van der Waals surface area contributed by atoms with Gasteiger partial charge in [-0.05, 0) is 61.9 Å². The summed E-state index contributed by atoms with van der Waals surface area (Å²) in [7, 11) is 0. The Morgan fingerprint density at radius 3 is 2.83 bits per heavy atom. The van der Waals surface area contributed by atoms with E-state index in [1.165, 1.54) is 11.9 Å². The van der Waals surface area contributed by atoms with E-state index in [1.54, 1.807) is 0 Å². The minimum Gasteiger partial charge on any atom is -0.341 e. The molecule has 4 N–H and O–H groups in total. The zero-order chi connectivity index (χ0) is 20.6. The second-order valence-electron chi connectivity index (χ2n) is 7.33. The van der Waals surface area contributed by atoms with Crippen LogP contribution in [0.5, 0.6) is 0 Å². The summed E-state index contributed by atoms with van der Waals surface area (Å²) in [4.78, 5) is 18.6. The predicted octanol–water partition coefficient (Wildman–Crippen LogP) is 2.98. The third-order valence-electron chi connectivity index (χ3n) is 5.36. The van der Waals surface area contributed by atoms with E-state index < -0.39 is 0 Å². The standard InChI is InChI=1S/C20H29N7OS/c1-3-16-6-4-5-14(2)17(16)24-20(29)25-19(28)21-10-7-15-8-11-27(12-9-15)18-22-13-23-26-18/h4-6,13,15H,3,7-12H2,1-2H3,(H,22,23,26)(H3,21,24,25,28,29). The molecule has 1 fully saturated rings. The van der Waals surface area contributed by atoms with Gasteiger partial charge in [-0.1, -0.05) is 25.1 Å². The molecule has 2 heterocycles. The van der Waals surface area contributed by atoms with Crippen molar-refractivity contribution in [2.45, 2.75) is 39.5 Å². The molecular weight excluding hydrogens is 386 g/mol. The van der Waals surface area contributed by atoms with E-state index in [2.05, 4.69) is 49.0 Å². The Morgan fingerprint density at radius 2 is 2.14 bits per heavy atom. The highest BCUT2D eigenvalue weighted by Crippen LogP contribution is 2.22. The number of nitrogens with one attached hydrogen (secondary N) is 4. The van der Waals surface area contributed by atoms with Crippen molar-refractivity contribution < 1.29 is 4.79 Å². The number of para-hydroxylation sites is 1. The average Bonchev–Trinajstić information content (AvgIpc) is 3.25. The first kappa shape index (κ1) is 21.0. The van der Waals surface area contributed by atoms with Crippen molar-refractivity contribution in [3.8, 4) is 0 Å². The number of urea groups is 1. The number of amides is 2. The summed E-state index contributed by atoms with van der Waals surface area (Å²) >= 11 is 5.30. The minimum absolute atomic E-state index is 0.270. The topological polar surface area (TPSA) is 98.0 Å². The number of aromatic nitrogens is 3. The number of aromatic amines is 1. The van der Waals surface area contributed by atoms with Crippen molar-refractivity contribution in [3.05, 3.63) is 35.7 Å². The molecule has 9 heteroatoms. The minimum atomic E-state index is -0.270. The lowest BCUT2D eigenvalue weighted by molar-refractivity contribution is 0.244. The SMILES string of the molecule is CCc1cccc(C)c1NC(=S)NC(=O)NCCC1CCN(c2ncn[nH]2)CC1. The zero-order valence-corrected chi connectivity index (χ0v) is 17.8. The second kappa shape index (κ2) is 10.2. The Labute approximate surface area is 176 Å². The van der Waals surface area contributed by atoms with E-state index in [4.69, 9.17) is 12.2 Å². The molecule has 8 nitrogen and oxygen atoms in total. The molecule has 3 rings (SSSR count). The number of anilines is 2. The number of nitrogens with zero attached hydrogens (tertiary/aromatic N) is 3. The molecule has 1 aliphatic heterocycles. The third kappa shape index (κ3) is 5.90. The summed E-state index contributed by atoms with van der Waals surface area (Å²) in [5, 5.41) is 15.9. The van der Waals surface area contributed by atoms with Crippen LogP contribution in [-0.2, 0) is 6.42 Å². The Kier molecular flexibility index (Phi) is 7.40. The van der Waals surface area contributed by atoms with Crippen LogP contribution in [0.3, 0.4) is 0 Å². The van der Waals surface area contributed by atoms with Gasteiger partial charge in [0.1, 0.15) is 6.33 Å². The molecule has 0 atom stereocenters. The molecule has 0 aliphatic carbocycles. The lowest BCUT2D eigenvalue weighted by atomic mass is 9.94.